The first kappa shape index (κ1) is 16.1. The van der Waals surface area contributed by atoms with Gasteiger partial charge in [-0.25, -0.2) is 4.68 Å². The van der Waals surface area contributed by atoms with E-state index in [1.165, 1.54) is 5.56 Å². The van der Waals surface area contributed by atoms with Crippen LogP contribution >= 0.6 is 0 Å². The molecule has 3 rings (SSSR count). The molecule has 3 aromatic rings. The zero-order valence-electron chi connectivity index (χ0n) is 14.3. The van der Waals surface area contributed by atoms with E-state index in [1.807, 2.05) is 47.0 Å². The second kappa shape index (κ2) is 6.78. The monoisotopic (exact) mass is 322 g/mol. The summed E-state index contributed by atoms with van der Waals surface area (Å²) in [5, 5.41) is 13.1. The summed E-state index contributed by atoms with van der Waals surface area (Å²) in [5.41, 5.74) is 5.08. The fourth-order valence-electron chi connectivity index (χ4n) is 2.83. The first-order valence-electron chi connectivity index (χ1n) is 8.12. The molecule has 6 nitrogen and oxygen atoms in total. The molecular weight excluding hydrogens is 300 g/mol. The minimum Gasteiger partial charge on any atom is -0.265 e. The summed E-state index contributed by atoms with van der Waals surface area (Å²) in [5.74, 6) is 0. The lowest BCUT2D eigenvalue weighted by molar-refractivity contribution is 0.482. The molecule has 0 aliphatic heterocycles. The van der Waals surface area contributed by atoms with Gasteiger partial charge in [-0.1, -0.05) is 18.2 Å². The van der Waals surface area contributed by atoms with E-state index in [2.05, 4.69) is 46.9 Å². The molecule has 3 heterocycles. The highest BCUT2D eigenvalue weighted by molar-refractivity contribution is 5.59. The van der Waals surface area contributed by atoms with Crippen LogP contribution in [-0.4, -0.2) is 29.8 Å². The Labute approximate surface area is 141 Å². The van der Waals surface area contributed by atoms with Crippen molar-refractivity contribution in [3.05, 3.63) is 60.3 Å². The quantitative estimate of drug-likeness (QED) is 0.653. The third kappa shape index (κ3) is 2.99. The Balaban J connectivity index is 1.93. The van der Waals surface area contributed by atoms with Gasteiger partial charge in [0.2, 0.25) is 0 Å². The van der Waals surface area contributed by atoms with Crippen LogP contribution in [-0.2, 0) is 6.54 Å². The van der Waals surface area contributed by atoms with E-state index in [0.717, 1.165) is 29.1 Å². The Hall–Kier alpha value is -2.76. The van der Waals surface area contributed by atoms with Crippen molar-refractivity contribution in [2.24, 2.45) is 0 Å². The average molecular weight is 322 g/mol. The number of nitrogens with zero attached hydrogens (tertiary/aromatic N) is 6. The molecule has 0 bridgehead atoms. The van der Waals surface area contributed by atoms with Gasteiger partial charge < -0.3 is 0 Å². The van der Waals surface area contributed by atoms with Crippen molar-refractivity contribution in [3.63, 3.8) is 0 Å². The van der Waals surface area contributed by atoms with Gasteiger partial charge in [0, 0.05) is 17.5 Å². The lowest BCUT2D eigenvalue weighted by Crippen LogP contribution is -2.12. The van der Waals surface area contributed by atoms with Crippen LogP contribution in [0.3, 0.4) is 0 Å². The highest BCUT2D eigenvalue weighted by Gasteiger charge is 2.17. The first-order valence-corrected chi connectivity index (χ1v) is 8.12. The van der Waals surface area contributed by atoms with Gasteiger partial charge in [-0.2, -0.15) is 5.10 Å². The van der Waals surface area contributed by atoms with E-state index >= 15 is 0 Å². The summed E-state index contributed by atoms with van der Waals surface area (Å²) in [6, 6.07) is 4.18. The van der Waals surface area contributed by atoms with E-state index in [-0.39, 0.29) is 6.04 Å². The predicted molar refractivity (Wildman–Crippen MR) is 93.6 cm³/mol. The highest BCUT2D eigenvalue weighted by atomic mass is 15.4. The highest BCUT2D eigenvalue weighted by Crippen LogP contribution is 2.24. The number of pyridine rings is 1. The van der Waals surface area contributed by atoms with E-state index in [4.69, 9.17) is 0 Å². The molecule has 3 aromatic heterocycles. The van der Waals surface area contributed by atoms with Crippen LogP contribution in [0, 0.1) is 13.8 Å². The van der Waals surface area contributed by atoms with E-state index in [9.17, 15) is 0 Å². The van der Waals surface area contributed by atoms with Gasteiger partial charge in [-0.15, -0.1) is 11.7 Å². The van der Waals surface area contributed by atoms with Crippen molar-refractivity contribution in [2.45, 2.75) is 39.8 Å². The van der Waals surface area contributed by atoms with Gasteiger partial charge in [-0.3, -0.25) is 9.67 Å². The van der Waals surface area contributed by atoms with Crippen molar-refractivity contribution in [2.75, 3.05) is 0 Å². The molecule has 0 radical (unpaired) electrons. The maximum absolute atomic E-state index is 4.50. The molecule has 0 aliphatic rings. The predicted octanol–water partition coefficient (Wildman–Crippen LogP) is 3.34. The summed E-state index contributed by atoms with van der Waals surface area (Å²) < 4.78 is 3.79. The standard InChI is InChI=1S/C18H22N6/c1-5-9-23-14(4)15(11-20-23)17-12-24(22-21-17)18(6-2)16-10-13(3)7-8-19-16/h5,7-8,10-12,18H,1,6,9H2,2-4H3. The minimum atomic E-state index is 0.0784. The van der Waals surface area contributed by atoms with Crippen LogP contribution < -0.4 is 0 Å². The van der Waals surface area contributed by atoms with Gasteiger partial charge in [0.25, 0.3) is 0 Å². The largest absolute Gasteiger partial charge is 0.265 e. The van der Waals surface area contributed by atoms with Crippen LogP contribution in [0.2, 0.25) is 0 Å². The zero-order valence-corrected chi connectivity index (χ0v) is 14.3. The third-order valence-electron chi connectivity index (χ3n) is 4.18. The molecule has 24 heavy (non-hydrogen) atoms. The van der Waals surface area contributed by atoms with E-state index in [1.54, 1.807) is 0 Å². The van der Waals surface area contributed by atoms with Crippen molar-refractivity contribution < 1.29 is 0 Å². The molecule has 0 amide bonds. The minimum absolute atomic E-state index is 0.0784. The topological polar surface area (TPSA) is 61.4 Å². The fraction of sp³-hybridized carbons (Fsp3) is 0.333. The molecule has 1 unspecified atom stereocenters. The lowest BCUT2D eigenvalue weighted by Gasteiger charge is -2.14. The summed E-state index contributed by atoms with van der Waals surface area (Å²) in [6.07, 6.45) is 8.37. The maximum atomic E-state index is 4.50. The molecular formula is C18H22N6. The Kier molecular flexibility index (Phi) is 4.55. The normalized spacial score (nSPS) is 12.3. The molecule has 0 aliphatic carbocycles. The second-order valence-corrected chi connectivity index (χ2v) is 5.88. The molecule has 0 saturated heterocycles. The lowest BCUT2D eigenvalue weighted by atomic mass is 10.1. The number of aryl methyl sites for hydroxylation is 1. The molecule has 1 atom stereocenters. The van der Waals surface area contributed by atoms with Crippen molar-refractivity contribution in [1.29, 1.82) is 0 Å². The SMILES string of the molecule is C=CCn1ncc(-c2cn(C(CC)c3cc(C)ccn3)nn2)c1C. The summed E-state index contributed by atoms with van der Waals surface area (Å²) >= 11 is 0. The summed E-state index contributed by atoms with van der Waals surface area (Å²) in [4.78, 5) is 4.50. The number of hydrogen-bond acceptors (Lipinski definition) is 4. The van der Waals surface area contributed by atoms with E-state index in [0.29, 0.717) is 6.54 Å². The van der Waals surface area contributed by atoms with E-state index < -0.39 is 0 Å². The Bertz CT molecular complexity index is 845. The van der Waals surface area contributed by atoms with Crippen molar-refractivity contribution in [3.8, 4) is 11.3 Å². The molecule has 0 N–H and O–H groups in total. The van der Waals surface area contributed by atoms with Crippen LogP contribution in [0.15, 0.2) is 43.4 Å². The molecule has 124 valence electrons. The van der Waals surface area contributed by atoms with Crippen LogP contribution in [0.1, 0.15) is 36.3 Å². The van der Waals surface area contributed by atoms with Gasteiger partial charge in [0.05, 0.1) is 30.7 Å². The number of allylic oxidation sites excluding steroid dienone is 1. The number of aromatic nitrogens is 6. The first-order chi connectivity index (χ1) is 11.6. The second-order valence-electron chi connectivity index (χ2n) is 5.88. The van der Waals surface area contributed by atoms with Gasteiger partial charge in [0.1, 0.15) is 5.69 Å². The molecule has 0 spiro atoms. The van der Waals surface area contributed by atoms with Crippen LogP contribution in [0.5, 0.6) is 0 Å². The van der Waals surface area contributed by atoms with Crippen molar-refractivity contribution >= 4 is 0 Å². The zero-order chi connectivity index (χ0) is 17.1. The van der Waals surface area contributed by atoms with Gasteiger partial charge >= 0.3 is 0 Å². The van der Waals surface area contributed by atoms with Gasteiger partial charge in [0.15, 0.2) is 0 Å². The van der Waals surface area contributed by atoms with Crippen molar-refractivity contribution in [1.82, 2.24) is 29.8 Å². The van der Waals surface area contributed by atoms with Crippen LogP contribution in [0.25, 0.3) is 11.3 Å². The summed E-state index contributed by atoms with van der Waals surface area (Å²) in [6.45, 7) is 10.7. The Morgan fingerprint density at radius 1 is 1.33 bits per heavy atom. The molecule has 0 saturated carbocycles. The summed E-state index contributed by atoms with van der Waals surface area (Å²) in [7, 11) is 0. The van der Waals surface area contributed by atoms with Gasteiger partial charge in [-0.05, 0) is 38.0 Å². The average Bonchev–Trinajstić information content (AvgIpc) is 3.17. The Morgan fingerprint density at radius 2 is 2.17 bits per heavy atom. The third-order valence-corrected chi connectivity index (χ3v) is 4.18. The molecule has 0 aromatic carbocycles. The van der Waals surface area contributed by atoms with Crippen LogP contribution in [0.4, 0.5) is 0 Å². The molecule has 6 heteroatoms. The smallest absolute Gasteiger partial charge is 0.116 e. The Morgan fingerprint density at radius 3 is 2.88 bits per heavy atom. The molecule has 0 fully saturated rings. The maximum Gasteiger partial charge on any atom is 0.116 e. The number of hydrogen-bond donors (Lipinski definition) is 0. The fourth-order valence-corrected chi connectivity index (χ4v) is 2.83. The number of rotatable bonds is 6.